The highest BCUT2D eigenvalue weighted by atomic mass is 35.5. The third-order valence-corrected chi connectivity index (χ3v) is 5.71. The molecule has 11 heteroatoms. The average molecular weight is 429 g/mol. The number of hydrogen-bond acceptors (Lipinski definition) is 4. The summed E-state index contributed by atoms with van der Waals surface area (Å²) in [6.45, 7) is 5.42. The number of nitrogens with one attached hydrogen (secondary N) is 1. The van der Waals surface area contributed by atoms with E-state index in [0.29, 0.717) is 18.6 Å². The van der Waals surface area contributed by atoms with E-state index in [9.17, 15) is 26.4 Å². The topological polar surface area (TPSA) is 75.7 Å². The maximum absolute atomic E-state index is 12.9. The number of sulfonamides is 1. The lowest BCUT2D eigenvalue weighted by atomic mass is 10.2. The lowest BCUT2D eigenvalue weighted by Crippen LogP contribution is -2.40. The Bertz CT molecular complexity index is 822. The number of likely N-dealkylation sites (tertiary alicyclic amines) is 1. The van der Waals surface area contributed by atoms with Crippen molar-refractivity contribution in [1.82, 2.24) is 9.62 Å². The van der Waals surface area contributed by atoms with Gasteiger partial charge in [-0.25, -0.2) is 17.9 Å². The summed E-state index contributed by atoms with van der Waals surface area (Å²) < 4.78 is 71.1. The Kier molecular flexibility index (Phi) is 6.03. The molecule has 1 aliphatic rings. The average Bonchev–Trinajstić information content (AvgIpc) is 2.92. The predicted octanol–water partition coefficient (Wildman–Crippen LogP) is 3.65. The molecular formula is C16H20ClF3N2O4S. The number of carbonyl (C=O) groups is 1. The maximum atomic E-state index is 12.9. The van der Waals surface area contributed by atoms with E-state index in [0.717, 1.165) is 6.07 Å². The summed E-state index contributed by atoms with van der Waals surface area (Å²) in [6.07, 6.45) is -4.98. The molecule has 0 radical (unpaired) electrons. The fourth-order valence-electron chi connectivity index (χ4n) is 2.52. The summed E-state index contributed by atoms with van der Waals surface area (Å²) in [4.78, 5) is 12.7. The molecule has 0 unspecified atom stereocenters. The van der Waals surface area contributed by atoms with Crippen LogP contribution in [0.2, 0.25) is 5.02 Å². The van der Waals surface area contributed by atoms with E-state index >= 15 is 0 Å². The summed E-state index contributed by atoms with van der Waals surface area (Å²) in [5.74, 6) is 0. The lowest BCUT2D eigenvalue weighted by Gasteiger charge is -2.24. The van der Waals surface area contributed by atoms with Crippen molar-refractivity contribution < 1.29 is 31.1 Å². The van der Waals surface area contributed by atoms with Crippen molar-refractivity contribution in [3.8, 4) is 0 Å². The molecule has 1 atom stereocenters. The molecule has 1 aromatic carbocycles. The first-order valence-electron chi connectivity index (χ1n) is 8.06. The van der Waals surface area contributed by atoms with E-state index in [2.05, 4.69) is 4.72 Å². The number of ether oxygens (including phenoxy) is 1. The number of halogens is 4. The molecule has 0 aliphatic carbocycles. The van der Waals surface area contributed by atoms with Crippen LogP contribution >= 0.6 is 11.6 Å². The molecule has 1 saturated heterocycles. The van der Waals surface area contributed by atoms with Crippen LogP contribution < -0.4 is 4.72 Å². The Morgan fingerprint density at radius 1 is 1.30 bits per heavy atom. The van der Waals surface area contributed by atoms with E-state index in [4.69, 9.17) is 16.3 Å². The Morgan fingerprint density at radius 3 is 2.48 bits per heavy atom. The molecule has 0 spiro atoms. The normalized spacial score (nSPS) is 18.6. The summed E-state index contributed by atoms with van der Waals surface area (Å²) in [6, 6.07) is 1.43. The Hall–Kier alpha value is -1.52. The predicted molar refractivity (Wildman–Crippen MR) is 93.0 cm³/mol. The molecule has 1 amide bonds. The molecule has 1 fully saturated rings. The van der Waals surface area contributed by atoms with Gasteiger partial charge < -0.3 is 9.64 Å². The van der Waals surface area contributed by atoms with Crippen molar-refractivity contribution in [3.05, 3.63) is 28.8 Å². The molecule has 152 valence electrons. The van der Waals surface area contributed by atoms with Crippen LogP contribution in [0, 0.1) is 0 Å². The van der Waals surface area contributed by atoms with Crippen LogP contribution in [0.3, 0.4) is 0 Å². The standard InChI is InChI=1S/C16H20ClF3N2O4S/c1-15(2,3)26-14(23)22-7-6-11(9-22)21-27(24,25)13-8-10(16(18,19)20)4-5-12(13)17/h4-5,8,11,21H,6-7,9H2,1-3H3/t11-/m1/s1. The first-order valence-corrected chi connectivity index (χ1v) is 9.92. The van der Waals surface area contributed by atoms with Crippen molar-refractivity contribution in [2.24, 2.45) is 0 Å². The molecule has 1 N–H and O–H groups in total. The summed E-state index contributed by atoms with van der Waals surface area (Å²) >= 11 is 5.80. The van der Waals surface area contributed by atoms with Gasteiger partial charge in [-0.05, 0) is 45.4 Å². The Balaban J connectivity index is 2.13. The van der Waals surface area contributed by atoms with Crippen LogP contribution in [0.1, 0.15) is 32.8 Å². The van der Waals surface area contributed by atoms with E-state index in [1.165, 1.54) is 4.90 Å². The van der Waals surface area contributed by atoms with E-state index in [1.54, 1.807) is 20.8 Å². The van der Waals surface area contributed by atoms with E-state index in [-0.39, 0.29) is 18.1 Å². The van der Waals surface area contributed by atoms with Gasteiger partial charge in [0.25, 0.3) is 0 Å². The van der Waals surface area contributed by atoms with Gasteiger partial charge in [0.05, 0.1) is 10.6 Å². The molecule has 27 heavy (non-hydrogen) atoms. The number of alkyl halides is 3. The second kappa shape index (κ2) is 7.48. The smallest absolute Gasteiger partial charge is 0.416 e. The number of benzene rings is 1. The molecule has 2 rings (SSSR count). The Labute approximate surface area is 160 Å². The van der Waals surface area contributed by atoms with Gasteiger partial charge >= 0.3 is 12.3 Å². The van der Waals surface area contributed by atoms with Crippen molar-refractivity contribution in [2.45, 2.75) is 49.9 Å². The molecule has 1 heterocycles. The zero-order chi connectivity index (χ0) is 20.6. The molecule has 1 aliphatic heterocycles. The molecule has 0 bridgehead atoms. The molecule has 6 nitrogen and oxygen atoms in total. The van der Waals surface area contributed by atoms with Gasteiger partial charge in [-0.2, -0.15) is 13.2 Å². The highest BCUT2D eigenvalue weighted by molar-refractivity contribution is 7.89. The van der Waals surface area contributed by atoms with Crippen molar-refractivity contribution in [1.29, 1.82) is 0 Å². The zero-order valence-corrected chi connectivity index (χ0v) is 16.5. The fraction of sp³-hybridized carbons (Fsp3) is 0.562. The second-order valence-electron chi connectivity index (χ2n) is 7.18. The number of amides is 1. The van der Waals surface area contributed by atoms with Gasteiger partial charge in [0.15, 0.2) is 0 Å². The highest BCUT2D eigenvalue weighted by Crippen LogP contribution is 2.33. The highest BCUT2D eigenvalue weighted by Gasteiger charge is 2.35. The number of nitrogens with zero attached hydrogens (tertiary/aromatic N) is 1. The van der Waals surface area contributed by atoms with Crippen LogP contribution in [-0.2, 0) is 20.9 Å². The minimum absolute atomic E-state index is 0.0464. The van der Waals surface area contributed by atoms with E-state index < -0.39 is 44.4 Å². The van der Waals surface area contributed by atoms with Crippen LogP contribution in [0.4, 0.5) is 18.0 Å². The van der Waals surface area contributed by atoms with Crippen LogP contribution in [-0.4, -0.2) is 44.1 Å². The van der Waals surface area contributed by atoms with Gasteiger partial charge in [-0.3, -0.25) is 0 Å². The minimum Gasteiger partial charge on any atom is -0.444 e. The van der Waals surface area contributed by atoms with Crippen LogP contribution in [0.25, 0.3) is 0 Å². The fourth-order valence-corrected chi connectivity index (χ4v) is 4.30. The number of hydrogen-bond donors (Lipinski definition) is 1. The number of carbonyl (C=O) groups excluding carboxylic acids is 1. The van der Waals surface area contributed by atoms with Gasteiger partial charge in [0, 0.05) is 19.1 Å². The summed E-state index contributed by atoms with van der Waals surface area (Å²) in [5, 5.41) is -0.322. The van der Waals surface area contributed by atoms with Gasteiger partial charge in [0.2, 0.25) is 10.0 Å². The van der Waals surface area contributed by atoms with Crippen molar-refractivity contribution >= 4 is 27.7 Å². The van der Waals surface area contributed by atoms with Crippen LogP contribution in [0.15, 0.2) is 23.1 Å². The molecule has 0 aromatic heterocycles. The second-order valence-corrected chi connectivity index (χ2v) is 9.27. The molecule has 0 saturated carbocycles. The maximum Gasteiger partial charge on any atom is 0.416 e. The van der Waals surface area contributed by atoms with E-state index in [1.807, 2.05) is 0 Å². The summed E-state index contributed by atoms with van der Waals surface area (Å²) in [5.41, 5.74) is -1.81. The zero-order valence-electron chi connectivity index (χ0n) is 14.9. The minimum atomic E-state index is -4.70. The largest absolute Gasteiger partial charge is 0.444 e. The van der Waals surface area contributed by atoms with Gasteiger partial charge in [0.1, 0.15) is 10.5 Å². The third-order valence-electron chi connectivity index (χ3n) is 3.71. The summed E-state index contributed by atoms with van der Waals surface area (Å²) in [7, 11) is -4.30. The van der Waals surface area contributed by atoms with Crippen molar-refractivity contribution in [2.75, 3.05) is 13.1 Å². The van der Waals surface area contributed by atoms with Gasteiger partial charge in [-0.15, -0.1) is 0 Å². The first-order chi connectivity index (χ1) is 12.2. The monoisotopic (exact) mass is 428 g/mol. The SMILES string of the molecule is CC(C)(C)OC(=O)N1CC[C@@H](NS(=O)(=O)c2cc(C(F)(F)F)ccc2Cl)C1. The third kappa shape index (κ3) is 5.73. The van der Waals surface area contributed by atoms with Crippen LogP contribution in [0.5, 0.6) is 0 Å². The quantitative estimate of drug-likeness (QED) is 0.797. The molecule has 1 aromatic rings. The Morgan fingerprint density at radius 2 is 1.93 bits per heavy atom. The van der Waals surface area contributed by atoms with Crippen molar-refractivity contribution in [3.63, 3.8) is 0 Å². The number of rotatable bonds is 3. The first kappa shape index (κ1) is 21.8. The van der Waals surface area contributed by atoms with Gasteiger partial charge in [-0.1, -0.05) is 11.6 Å². The molecular weight excluding hydrogens is 409 g/mol. The lowest BCUT2D eigenvalue weighted by molar-refractivity contribution is -0.137.